The lowest BCUT2D eigenvalue weighted by Crippen LogP contribution is -2.38. The Balaban J connectivity index is 1.66. The lowest BCUT2D eigenvalue weighted by molar-refractivity contribution is 0.160. The number of anilines is 2. The maximum Gasteiger partial charge on any atom is 0.125 e. The molecule has 3 N–H and O–H groups in total. The summed E-state index contributed by atoms with van der Waals surface area (Å²) >= 11 is 0. The molecule has 0 amide bonds. The van der Waals surface area contributed by atoms with Gasteiger partial charge in [-0.15, -0.1) is 0 Å². The number of rotatable bonds is 5. The zero-order valence-electron chi connectivity index (χ0n) is 11.2. The molecule has 0 aliphatic carbocycles. The smallest absolute Gasteiger partial charge is 0.125 e. The fraction of sp³-hybridized carbons (Fsp3) is 0.643. The third-order valence-corrected chi connectivity index (χ3v) is 3.67. The van der Waals surface area contributed by atoms with Gasteiger partial charge in [0.25, 0.3) is 0 Å². The Morgan fingerprint density at radius 1 is 1.50 bits per heavy atom. The van der Waals surface area contributed by atoms with Gasteiger partial charge in [0, 0.05) is 37.1 Å². The highest BCUT2D eigenvalue weighted by Gasteiger charge is 2.16. The fourth-order valence-corrected chi connectivity index (χ4v) is 2.56. The average Bonchev–Trinajstić information content (AvgIpc) is 2.37. The molecule has 18 heavy (non-hydrogen) atoms. The zero-order chi connectivity index (χ0) is 12.8. The third-order valence-electron chi connectivity index (χ3n) is 3.67. The first kappa shape index (κ1) is 13.1. The van der Waals surface area contributed by atoms with Crippen LogP contribution in [-0.4, -0.2) is 35.6 Å². The predicted molar refractivity (Wildman–Crippen MR) is 76.6 cm³/mol. The Morgan fingerprint density at radius 3 is 3.17 bits per heavy atom. The quantitative estimate of drug-likeness (QED) is 0.785. The molecule has 0 aromatic carbocycles. The molecule has 2 heterocycles. The lowest BCUT2D eigenvalue weighted by Gasteiger charge is -2.33. The Labute approximate surface area is 110 Å². The van der Waals surface area contributed by atoms with E-state index in [0.717, 1.165) is 18.3 Å². The molecule has 1 aromatic rings. The van der Waals surface area contributed by atoms with E-state index in [1.165, 1.54) is 38.8 Å². The van der Waals surface area contributed by atoms with E-state index in [1.54, 1.807) is 6.20 Å². The summed E-state index contributed by atoms with van der Waals surface area (Å²) in [6.45, 7) is 5.79. The highest BCUT2D eigenvalue weighted by atomic mass is 15.2. The minimum absolute atomic E-state index is 0.574. The molecule has 2 rings (SSSR count). The number of piperidine rings is 1. The van der Waals surface area contributed by atoms with E-state index in [4.69, 9.17) is 5.73 Å². The van der Waals surface area contributed by atoms with Crippen molar-refractivity contribution in [1.29, 1.82) is 0 Å². The van der Waals surface area contributed by atoms with Crippen molar-refractivity contribution in [2.45, 2.75) is 38.6 Å². The van der Waals surface area contributed by atoms with Crippen LogP contribution in [0.25, 0.3) is 0 Å². The second-order valence-corrected chi connectivity index (χ2v) is 5.13. The van der Waals surface area contributed by atoms with E-state index in [2.05, 4.69) is 22.1 Å². The summed E-state index contributed by atoms with van der Waals surface area (Å²) in [6, 6.07) is 4.60. The average molecular weight is 248 g/mol. The number of aromatic nitrogens is 1. The van der Waals surface area contributed by atoms with Gasteiger partial charge < -0.3 is 16.0 Å². The molecule has 0 radical (unpaired) electrons. The number of hydrogen-bond donors (Lipinski definition) is 2. The summed E-state index contributed by atoms with van der Waals surface area (Å²) in [6.07, 6.45) is 7.02. The lowest BCUT2D eigenvalue weighted by atomic mass is 10.0. The normalized spacial score (nSPS) is 20.8. The van der Waals surface area contributed by atoms with Crippen LogP contribution in [0, 0.1) is 0 Å². The molecule has 0 bridgehead atoms. The summed E-state index contributed by atoms with van der Waals surface area (Å²) in [5.74, 6) is 0.574. The van der Waals surface area contributed by atoms with Crippen LogP contribution in [0.2, 0.25) is 0 Å². The first-order valence-electron chi connectivity index (χ1n) is 6.95. The molecule has 100 valence electrons. The Bertz CT molecular complexity index is 367. The molecule has 1 unspecified atom stereocenters. The summed E-state index contributed by atoms with van der Waals surface area (Å²) in [4.78, 5) is 6.58. The largest absolute Gasteiger partial charge is 0.385 e. The number of nitrogens with two attached hydrogens (primary N) is 1. The van der Waals surface area contributed by atoms with E-state index in [9.17, 15) is 0 Å². The van der Waals surface area contributed by atoms with Crippen LogP contribution >= 0.6 is 0 Å². The van der Waals surface area contributed by atoms with Gasteiger partial charge in [0.15, 0.2) is 0 Å². The topological polar surface area (TPSA) is 54.2 Å². The Morgan fingerprint density at radius 2 is 2.39 bits per heavy atom. The molecule has 1 aliphatic rings. The van der Waals surface area contributed by atoms with Crippen molar-refractivity contribution >= 4 is 11.5 Å². The number of pyridine rings is 1. The van der Waals surface area contributed by atoms with E-state index in [0.29, 0.717) is 5.82 Å². The molecular weight excluding hydrogens is 224 g/mol. The van der Waals surface area contributed by atoms with Gasteiger partial charge in [-0.25, -0.2) is 4.98 Å². The number of likely N-dealkylation sites (tertiary alicyclic amines) is 1. The molecule has 4 nitrogen and oxygen atoms in total. The van der Waals surface area contributed by atoms with Gasteiger partial charge in [0.2, 0.25) is 0 Å². The van der Waals surface area contributed by atoms with E-state index in [1.807, 2.05) is 12.1 Å². The summed E-state index contributed by atoms with van der Waals surface area (Å²) in [7, 11) is 0. The van der Waals surface area contributed by atoms with Crippen LogP contribution in [0.1, 0.15) is 32.6 Å². The van der Waals surface area contributed by atoms with Crippen LogP contribution < -0.4 is 11.1 Å². The van der Waals surface area contributed by atoms with Crippen molar-refractivity contribution in [2.75, 3.05) is 30.7 Å². The Hall–Kier alpha value is -1.29. The summed E-state index contributed by atoms with van der Waals surface area (Å²) in [5, 5.41) is 3.39. The van der Waals surface area contributed by atoms with Crippen molar-refractivity contribution in [3.63, 3.8) is 0 Å². The standard InChI is InChI=1S/C14H24N4/c1-12-5-2-3-9-18(12)10-4-7-16-13-6-8-17-14(15)11-13/h6,8,11-12H,2-5,7,9-10H2,1H3,(H3,15,16,17). The molecule has 0 saturated carbocycles. The molecule has 1 aromatic heterocycles. The van der Waals surface area contributed by atoms with Crippen molar-refractivity contribution in [1.82, 2.24) is 9.88 Å². The molecule has 4 heteroatoms. The monoisotopic (exact) mass is 248 g/mol. The van der Waals surface area contributed by atoms with Crippen molar-refractivity contribution in [3.05, 3.63) is 18.3 Å². The summed E-state index contributed by atoms with van der Waals surface area (Å²) < 4.78 is 0. The van der Waals surface area contributed by atoms with Gasteiger partial charge in [-0.1, -0.05) is 6.42 Å². The van der Waals surface area contributed by atoms with E-state index in [-0.39, 0.29) is 0 Å². The SMILES string of the molecule is CC1CCCCN1CCCNc1ccnc(N)c1. The van der Waals surface area contributed by atoms with Crippen molar-refractivity contribution < 1.29 is 0 Å². The van der Waals surface area contributed by atoms with Crippen LogP contribution in [0.4, 0.5) is 11.5 Å². The molecular formula is C14H24N4. The predicted octanol–water partition coefficient (Wildman–Crippen LogP) is 2.34. The van der Waals surface area contributed by atoms with Gasteiger partial charge >= 0.3 is 0 Å². The first-order chi connectivity index (χ1) is 8.75. The van der Waals surface area contributed by atoms with Gasteiger partial charge in [-0.3, -0.25) is 0 Å². The highest BCUT2D eigenvalue weighted by molar-refractivity contribution is 5.49. The second-order valence-electron chi connectivity index (χ2n) is 5.13. The molecule has 1 saturated heterocycles. The molecule has 0 spiro atoms. The minimum Gasteiger partial charge on any atom is -0.385 e. The summed E-state index contributed by atoms with van der Waals surface area (Å²) in [5.41, 5.74) is 6.70. The molecule has 1 fully saturated rings. The number of nitrogens with zero attached hydrogens (tertiary/aromatic N) is 2. The first-order valence-corrected chi connectivity index (χ1v) is 6.95. The van der Waals surface area contributed by atoms with Gasteiger partial charge in [-0.05, 0) is 38.8 Å². The van der Waals surface area contributed by atoms with E-state index >= 15 is 0 Å². The van der Waals surface area contributed by atoms with Crippen molar-refractivity contribution in [3.8, 4) is 0 Å². The van der Waals surface area contributed by atoms with E-state index < -0.39 is 0 Å². The molecule has 1 aliphatic heterocycles. The second kappa shape index (κ2) is 6.59. The van der Waals surface area contributed by atoms with Gasteiger partial charge in [0.05, 0.1) is 0 Å². The van der Waals surface area contributed by atoms with Crippen molar-refractivity contribution in [2.24, 2.45) is 0 Å². The van der Waals surface area contributed by atoms with Crippen LogP contribution in [0.5, 0.6) is 0 Å². The van der Waals surface area contributed by atoms with Crippen LogP contribution in [0.3, 0.4) is 0 Å². The maximum atomic E-state index is 5.64. The number of nitrogens with one attached hydrogen (secondary N) is 1. The molecule has 1 atom stereocenters. The maximum absolute atomic E-state index is 5.64. The Kier molecular flexibility index (Phi) is 4.81. The highest BCUT2D eigenvalue weighted by Crippen LogP contribution is 2.16. The van der Waals surface area contributed by atoms with Crippen LogP contribution in [-0.2, 0) is 0 Å². The number of hydrogen-bond acceptors (Lipinski definition) is 4. The third kappa shape index (κ3) is 3.88. The number of nitrogen functional groups attached to an aromatic ring is 1. The minimum atomic E-state index is 0.574. The zero-order valence-corrected chi connectivity index (χ0v) is 11.2. The van der Waals surface area contributed by atoms with Crippen LogP contribution in [0.15, 0.2) is 18.3 Å². The van der Waals surface area contributed by atoms with Gasteiger partial charge in [-0.2, -0.15) is 0 Å². The fourth-order valence-electron chi connectivity index (χ4n) is 2.56. The van der Waals surface area contributed by atoms with Gasteiger partial charge in [0.1, 0.15) is 5.82 Å².